The van der Waals surface area contributed by atoms with Crippen LogP contribution in [-0.4, -0.2) is 36.8 Å². The lowest BCUT2D eigenvalue weighted by Crippen LogP contribution is -2.46. The summed E-state index contributed by atoms with van der Waals surface area (Å²) in [6.45, 7) is 1.65. The first kappa shape index (κ1) is 31.7. The highest BCUT2D eigenvalue weighted by molar-refractivity contribution is 6.31. The number of carbonyl (C=O) groups is 1. The van der Waals surface area contributed by atoms with Gasteiger partial charge in [0.1, 0.15) is 11.6 Å². The molecule has 0 spiro atoms. The third kappa shape index (κ3) is 6.01. The van der Waals surface area contributed by atoms with Crippen LogP contribution in [0.15, 0.2) is 73.1 Å². The number of pyridine rings is 1. The van der Waals surface area contributed by atoms with Crippen molar-refractivity contribution in [3.05, 3.63) is 101 Å². The molecule has 1 unspecified atom stereocenters. The molecule has 3 aromatic heterocycles. The number of alkyl halides is 6. The number of rotatable bonds is 6. The third-order valence-electron chi connectivity index (χ3n) is 7.22. The first-order valence-corrected chi connectivity index (χ1v) is 13.4. The van der Waals surface area contributed by atoms with E-state index in [9.17, 15) is 36.2 Å². The lowest BCUT2D eigenvalue weighted by molar-refractivity contribution is -0.221. The van der Waals surface area contributed by atoms with Crippen molar-refractivity contribution in [1.29, 1.82) is 0 Å². The van der Waals surface area contributed by atoms with Crippen LogP contribution in [0.2, 0.25) is 5.02 Å². The maximum Gasteiger partial charge on any atom is 0.434 e. The van der Waals surface area contributed by atoms with Gasteiger partial charge in [0, 0.05) is 22.3 Å². The standard InChI is InChI=1S/C30H21ClF7N5O2/c1-28(2,30(36,37)38)25(41-27(45)16-6-3-4-8-23(16)44)17-12-18(20(32)13-19(17)31)22-14-43-24(40-22)10-9-21(42-43)15-7-5-11-39-26(15)29(33,34)35/h3-14,25,44H,1-2H3,(H,41,45). The number of phenols is 1. The molecule has 3 heterocycles. The molecule has 2 aromatic carbocycles. The van der Waals surface area contributed by atoms with Crippen molar-refractivity contribution in [3.8, 4) is 28.3 Å². The number of fused-ring (bicyclic) bond motifs is 1. The summed E-state index contributed by atoms with van der Waals surface area (Å²) in [5.41, 5.74) is -5.26. The van der Waals surface area contributed by atoms with Gasteiger partial charge in [-0.05, 0) is 67.9 Å². The summed E-state index contributed by atoms with van der Waals surface area (Å²) < 4.78 is 100. The molecule has 5 aromatic rings. The summed E-state index contributed by atoms with van der Waals surface area (Å²) in [4.78, 5) is 20.7. The molecule has 5 rings (SSSR count). The number of hydrogen-bond acceptors (Lipinski definition) is 5. The Hall–Kier alpha value is -4.72. The van der Waals surface area contributed by atoms with Gasteiger partial charge in [-0.1, -0.05) is 23.7 Å². The van der Waals surface area contributed by atoms with E-state index in [4.69, 9.17) is 11.6 Å². The Kier molecular flexibility index (Phi) is 7.98. The Morgan fingerprint density at radius 2 is 1.67 bits per heavy atom. The van der Waals surface area contributed by atoms with Crippen LogP contribution in [0.25, 0.3) is 28.2 Å². The number of phenolic OH excluding ortho intramolecular Hbond substituents is 1. The minimum atomic E-state index is -4.90. The van der Waals surface area contributed by atoms with Crippen LogP contribution in [0.3, 0.4) is 0 Å². The number of nitrogens with one attached hydrogen (secondary N) is 1. The Bertz CT molecular complexity index is 1920. The molecule has 1 atom stereocenters. The van der Waals surface area contributed by atoms with Crippen LogP contribution in [0.5, 0.6) is 5.75 Å². The molecular formula is C30H21ClF7N5O2. The van der Waals surface area contributed by atoms with Crippen LogP contribution in [0.1, 0.15) is 41.5 Å². The van der Waals surface area contributed by atoms with Crippen molar-refractivity contribution in [2.45, 2.75) is 32.2 Å². The molecule has 1 amide bonds. The van der Waals surface area contributed by atoms with Crippen molar-refractivity contribution in [2.75, 3.05) is 0 Å². The summed E-state index contributed by atoms with van der Waals surface area (Å²) in [6.07, 6.45) is -7.50. The topological polar surface area (TPSA) is 92.4 Å². The summed E-state index contributed by atoms with van der Waals surface area (Å²) in [5.74, 6) is -2.50. The molecule has 0 bridgehead atoms. The fraction of sp³-hybridized carbons (Fsp3) is 0.200. The van der Waals surface area contributed by atoms with Crippen LogP contribution < -0.4 is 5.32 Å². The fourth-order valence-corrected chi connectivity index (χ4v) is 4.92. The molecule has 7 nitrogen and oxygen atoms in total. The molecule has 0 aliphatic rings. The molecule has 0 saturated heterocycles. The van der Waals surface area contributed by atoms with E-state index in [1.807, 2.05) is 0 Å². The molecule has 0 fully saturated rings. The Labute approximate surface area is 255 Å². The van der Waals surface area contributed by atoms with Gasteiger partial charge < -0.3 is 10.4 Å². The monoisotopic (exact) mass is 651 g/mol. The second kappa shape index (κ2) is 11.3. The zero-order valence-corrected chi connectivity index (χ0v) is 23.9. The average molecular weight is 652 g/mol. The van der Waals surface area contributed by atoms with Crippen molar-refractivity contribution in [1.82, 2.24) is 24.9 Å². The zero-order chi connectivity index (χ0) is 32.9. The average Bonchev–Trinajstić information content (AvgIpc) is 3.38. The predicted molar refractivity (Wildman–Crippen MR) is 150 cm³/mol. The van der Waals surface area contributed by atoms with E-state index in [0.29, 0.717) is 0 Å². The van der Waals surface area contributed by atoms with Crippen LogP contribution >= 0.6 is 11.6 Å². The minimum absolute atomic E-state index is 0.0853. The molecule has 2 N–H and O–H groups in total. The summed E-state index contributed by atoms with van der Waals surface area (Å²) in [5, 5.41) is 16.1. The number of halogens is 8. The number of imidazole rings is 1. The number of amides is 1. The van der Waals surface area contributed by atoms with E-state index >= 15 is 4.39 Å². The Morgan fingerprint density at radius 1 is 0.956 bits per heavy atom. The Balaban J connectivity index is 1.61. The number of aromatic hydroxyl groups is 1. The number of aromatic nitrogens is 4. The van der Waals surface area contributed by atoms with Crippen LogP contribution in [0, 0.1) is 11.2 Å². The van der Waals surface area contributed by atoms with Crippen molar-refractivity contribution < 1.29 is 40.6 Å². The maximum atomic E-state index is 15.3. The van der Waals surface area contributed by atoms with Gasteiger partial charge in [0.25, 0.3) is 5.91 Å². The lowest BCUT2D eigenvalue weighted by atomic mass is 9.79. The molecule has 15 heteroatoms. The summed E-state index contributed by atoms with van der Waals surface area (Å²) in [7, 11) is 0. The lowest BCUT2D eigenvalue weighted by Gasteiger charge is -2.37. The SMILES string of the molecule is CC(C)(C(NC(=O)c1ccccc1O)c1cc(-c2cn3nc(-c4cccnc4C(F)(F)F)ccc3n2)c(F)cc1Cl)C(F)(F)F. The van der Waals surface area contributed by atoms with Gasteiger partial charge in [-0.3, -0.25) is 9.78 Å². The smallest absolute Gasteiger partial charge is 0.434 e. The van der Waals surface area contributed by atoms with Crippen LogP contribution in [-0.2, 0) is 6.18 Å². The highest BCUT2D eigenvalue weighted by atomic mass is 35.5. The molecule has 0 radical (unpaired) electrons. The first-order chi connectivity index (χ1) is 21.0. The quantitative estimate of drug-likeness (QED) is 0.181. The number of benzene rings is 2. The van der Waals surface area contributed by atoms with Gasteiger partial charge >= 0.3 is 12.4 Å². The molecule has 0 aliphatic carbocycles. The van der Waals surface area contributed by atoms with Gasteiger partial charge in [-0.15, -0.1) is 0 Å². The summed E-state index contributed by atoms with van der Waals surface area (Å²) >= 11 is 6.28. The van der Waals surface area contributed by atoms with E-state index in [1.165, 1.54) is 54.7 Å². The maximum absolute atomic E-state index is 15.3. The van der Waals surface area contributed by atoms with Crippen molar-refractivity contribution in [2.24, 2.45) is 5.41 Å². The van der Waals surface area contributed by atoms with E-state index in [1.54, 1.807) is 0 Å². The van der Waals surface area contributed by atoms with Gasteiger partial charge in [-0.25, -0.2) is 13.9 Å². The third-order valence-corrected chi connectivity index (χ3v) is 7.55. The van der Waals surface area contributed by atoms with Crippen LogP contribution in [0.4, 0.5) is 30.7 Å². The van der Waals surface area contributed by atoms with E-state index in [0.717, 1.165) is 36.7 Å². The highest BCUT2D eigenvalue weighted by Gasteiger charge is 2.54. The molecule has 0 aliphatic heterocycles. The van der Waals surface area contributed by atoms with E-state index < -0.39 is 52.0 Å². The van der Waals surface area contributed by atoms with Crippen molar-refractivity contribution >= 4 is 23.2 Å². The van der Waals surface area contributed by atoms with E-state index in [-0.39, 0.29) is 39.3 Å². The van der Waals surface area contributed by atoms with Gasteiger partial charge in [-0.2, -0.15) is 31.4 Å². The second-order valence-electron chi connectivity index (χ2n) is 10.5. The summed E-state index contributed by atoms with van der Waals surface area (Å²) in [6, 6.07) is 10.2. The minimum Gasteiger partial charge on any atom is -0.507 e. The van der Waals surface area contributed by atoms with Gasteiger partial charge in [0.15, 0.2) is 11.3 Å². The molecular weight excluding hydrogens is 631 g/mol. The molecule has 45 heavy (non-hydrogen) atoms. The number of carbonyl (C=O) groups excluding carboxylic acids is 1. The highest BCUT2D eigenvalue weighted by Crippen LogP contribution is 2.49. The number of hydrogen-bond donors (Lipinski definition) is 2. The fourth-order valence-electron chi connectivity index (χ4n) is 4.66. The van der Waals surface area contributed by atoms with Crippen molar-refractivity contribution in [3.63, 3.8) is 0 Å². The molecule has 0 saturated carbocycles. The normalized spacial score (nSPS) is 13.2. The molecule has 234 valence electrons. The Morgan fingerprint density at radius 3 is 2.33 bits per heavy atom. The first-order valence-electron chi connectivity index (χ1n) is 13.0. The van der Waals surface area contributed by atoms with Gasteiger partial charge in [0.2, 0.25) is 0 Å². The zero-order valence-electron chi connectivity index (χ0n) is 23.2. The largest absolute Gasteiger partial charge is 0.507 e. The number of para-hydroxylation sites is 1. The van der Waals surface area contributed by atoms with E-state index in [2.05, 4.69) is 20.4 Å². The second-order valence-corrected chi connectivity index (χ2v) is 10.9. The predicted octanol–water partition coefficient (Wildman–Crippen LogP) is 8.03. The number of nitrogens with zero attached hydrogens (tertiary/aromatic N) is 4. The van der Waals surface area contributed by atoms with Gasteiger partial charge in [0.05, 0.1) is 34.6 Å².